The summed E-state index contributed by atoms with van der Waals surface area (Å²) in [5.74, 6) is 2.14. The van der Waals surface area contributed by atoms with E-state index in [9.17, 15) is 9.59 Å². The van der Waals surface area contributed by atoms with Crippen molar-refractivity contribution in [2.45, 2.75) is 6.54 Å². The van der Waals surface area contributed by atoms with Crippen LogP contribution in [0.3, 0.4) is 0 Å². The van der Waals surface area contributed by atoms with Crippen LogP contribution in [0, 0.1) is 0 Å². The van der Waals surface area contributed by atoms with Crippen molar-refractivity contribution in [2.24, 2.45) is 0 Å². The Bertz CT molecular complexity index is 1140. The van der Waals surface area contributed by atoms with Crippen LogP contribution in [0.5, 0.6) is 0 Å². The van der Waals surface area contributed by atoms with Crippen LogP contribution in [-0.2, 0) is 6.54 Å². The van der Waals surface area contributed by atoms with E-state index in [1.807, 2.05) is 60.3 Å². The van der Waals surface area contributed by atoms with Crippen molar-refractivity contribution >= 4 is 29.1 Å². The third kappa shape index (κ3) is 3.66. The Morgan fingerprint density at radius 2 is 1.63 bits per heavy atom. The average molecular weight is 415 g/mol. The van der Waals surface area contributed by atoms with Gasteiger partial charge < -0.3 is 5.32 Å². The van der Waals surface area contributed by atoms with Crippen LogP contribution in [0.1, 0.15) is 31.8 Å². The number of fused-ring (bicyclic) bond motifs is 3. The van der Waals surface area contributed by atoms with Gasteiger partial charge in [-0.25, -0.2) is 0 Å². The molecule has 1 amide bonds. The molecule has 1 heterocycles. The fraction of sp³-hybridized carbons (Fsp3) is 0.200. The molecule has 150 valence electrons. The SMILES string of the molecule is O=C(Nc1cccc(CN2CCSCC2)c1)c1ccc2c(c1)C(=O)c1ccccc1-2. The van der Waals surface area contributed by atoms with E-state index in [-0.39, 0.29) is 11.7 Å². The smallest absolute Gasteiger partial charge is 0.255 e. The molecule has 1 saturated heterocycles. The van der Waals surface area contributed by atoms with E-state index < -0.39 is 0 Å². The summed E-state index contributed by atoms with van der Waals surface area (Å²) in [6.45, 7) is 3.11. The Labute approximate surface area is 180 Å². The molecule has 0 aromatic heterocycles. The molecule has 2 aliphatic rings. The van der Waals surface area contributed by atoms with E-state index >= 15 is 0 Å². The van der Waals surface area contributed by atoms with Gasteiger partial charge in [0.25, 0.3) is 5.91 Å². The molecule has 0 spiro atoms. The van der Waals surface area contributed by atoms with Gasteiger partial charge in [0.2, 0.25) is 0 Å². The highest BCUT2D eigenvalue weighted by Crippen LogP contribution is 2.36. The van der Waals surface area contributed by atoms with Gasteiger partial charge in [0, 0.05) is 53.5 Å². The number of carbonyl (C=O) groups excluding carboxylic acids is 2. The van der Waals surface area contributed by atoms with Crippen LogP contribution in [0.4, 0.5) is 5.69 Å². The van der Waals surface area contributed by atoms with E-state index in [1.165, 1.54) is 17.1 Å². The number of benzene rings is 3. The maximum atomic E-state index is 12.9. The van der Waals surface area contributed by atoms with E-state index in [4.69, 9.17) is 0 Å². The van der Waals surface area contributed by atoms with E-state index in [1.54, 1.807) is 12.1 Å². The largest absolute Gasteiger partial charge is 0.322 e. The van der Waals surface area contributed by atoms with Gasteiger partial charge in [0.1, 0.15) is 0 Å². The lowest BCUT2D eigenvalue weighted by molar-refractivity contribution is 0.102. The van der Waals surface area contributed by atoms with Crippen molar-refractivity contribution in [1.29, 1.82) is 0 Å². The van der Waals surface area contributed by atoms with Gasteiger partial charge >= 0.3 is 0 Å². The molecule has 0 unspecified atom stereocenters. The zero-order valence-corrected chi connectivity index (χ0v) is 17.4. The number of amides is 1. The normalized spacial score (nSPS) is 15.5. The minimum absolute atomic E-state index is 0.0167. The number of nitrogens with zero attached hydrogens (tertiary/aromatic N) is 1. The van der Waals surface area contributed by atoms with Crippen LogP contribution in [0.15, 0.2) is 66.7 Å². The molecule has 0 bridgehead atoms. The van der Waals surface area contributed by atoms with E-state index in [0.717, 1.165) is 36.4 Å². The quantitative estimate of drug-likeness (QED) is 0.526. The van der Waals surface area contributed by atoms with Crippen LogP contribution >= 0.6 is 11.8 Å². The van der Waals surface area contributed by atoms with Gasteiger partial charge in [0.05, 0.1) is 0 Å². The van der Waals surface area contributed by atoms with Crippen LogP contribution in [0.25, 0.3) is 11.1 Å². The summed E-state index contributed by atoms with van der Waals surface area (Å²) in [5.41, 5.74) is 5.60. The van der Waals surface area contributed by atoms with Crippen molar-refractivity contribution in [1.82, 2.24) is 4.90 Å². The summed E-state index contributed by atoms with van der Waals surface area (Å²) in [6, 6.07) is 21.0. The Morgan fingerprint density at radius 1 is 0.867 bits per heavy atom. The van der Waals surface area contributed by atoms with Crippen LogP contribution in [-0.4, -0.2) is 41.2 Å². The zero-order valence-electron chi connectivity index (χ0n) is 16.6. The molecule has 30 heavy (non-hydrogen) atoms. The lowest BCUT2D eigenvalue weighted by Crippen LogP contribution is -2.31. The third-order valence-corrected chi connectivity index (χ3v) is 6.63. The number of rotatable bonds is 4. The second-order valence-corrected chi connectivity index (χ2v) is 8.90. The minimum atomic E-state index is -0.201. The molecule has 1 N–H and O–H groups in total. The van der Waals surface area contributed by atoms with Crippen molar-refractivity contribution in [3.05, 3.63) is 89.0 Å². The third-order valence-electron chi connectivity index (χ3n) is 5.68. The minimum Gasteiger partial charge on any atom is -0.322 e. The summed E-state index contributed by atoms with van der Waals surface area (Å²) in [5, 5.41) is 2.99. The highest BCUT2D eigenvalue weighted by Gasteiger charge is 2.27. The summed E-state index contributed by atoms with van der Waals surface area (Å²) < 4.78 is 0. The second kappa shape index (κ2) is 8.09. The van der Waals surface area contributed by atoms with E-state index in [2.05, 4.69) is 16.3 Å². The fourth-order valence-electron chi connectivity index (χ4n) is 4.14. The van der Waals surface area contributed by atoms with Crippen molar-refractivity contribution in [2.75, 3.05) is 29.9 Å². The molecular formula is C25H22N2O2S. The first-order chi connectivity index (χ1) is 14.7. The average Bonchev–Trinajstić information content (AvgIpc) is 3.07. The van der Waals surface area contributed by atoms with E-state index in [0.29, 0.717) is 16.7 Å². The number of ketones is 1. The Morgan fingerprint density at radius 3 is 2.47 bits per heavy atom. The van der Waals surface area contributed by atoms with Gasteiger partial charge in [-0.05, 0) is 41.0 Å². The number of hydrogen-bond donors (Lipinski definition) is 1. The molecule has 5 rings (SSSR count). The van der Waals surface area contributed by atoms with Gasteiger partial charge in [0.15, 0.2) is 5.78 Å². The fourth-order valence-corrected chi connectivity index (χ4v) is 5.12. The Balaban J connectivity index is 1.33. The van der Waals surface area contributed by atoms with Crippen molar-refractivity contribution in [3.8, 4) is 11.1 Å². The molecule has 3 aromatic rings. The molecule has 5 heteroatoms. The number of thioether (sulfide) groups is 1. The van der Waals surface area contributed by atoms with Crippen LogP contribution < -0.4 is 5.32 Å². The highest BCUT2D eigenvalue weighted by atomic mass is 32.2. The lowest BCUT2D eigenvalue weighted by Gasteiger charge is -2.26. The maximum Gasteiger partial charge on any atom is 0.255 e. The summed E-state index contributed by atoms with van der Waals surface area (Å²) >= 11 is 2.00. The topological polar surface area (TPSA) is 49.4 Å². The van der Waals surface area contributed by atoms with Crippen LogP contribution in [0.2, 0.25) is 0 Å². The highest BCUT2D eigenvalue weighted by molar-refractivity contribution is 7.99. The maximum absolute atomic E-state index is 12.9. The second-order valence-electron chi connectivity index (χ2n) is 7.68. The summed E-state index contributed by atoms with van der Waals surface area (Å²) in [6.07, 6.45) is 0. The predicted molar refractivity (Wildman–Crippen MR) is 122 cm³/mol. The first-order valence-electron chi connectivity index (χ1n) is 10.2. The predicted octanol–water partition coefficient (Wildman–Crippen LogP) is 4.70. The van der Waals surface area contributed by atoms with Gasteiger partial charge in [-0.1, -0.05) is 42.5 Å². The molecule has 4 nitrogen and oxygen atoms in total. The number of carbonyl (C=O) groups is 2. The molecule has 1 fully saturated rings. The zero-order chi connectivity index (χ0) is 20.5. The molecule has 3 aromatic carbocycles. The lowest BCUT2D eigenvalue weighted by atomic mass is 10.0. The number of hydrogen-bond acceptors (Lipinski definition) is 4. The standard InChI is InChI=1S/C25H22N2O2S/c28-24-22-7-2-1-6-20(22)21-9-8-18(15-23(21)24)25(29)26-19-5-3-4-17(14-19)16-27-10-12-30-13-11-27/h1-9,14-15H,10-13,16H2,(H,26,29). The first kappa shape index (κ1) is 19.1. The molecule has 0 radical (unpaired) electrons. The van der Waals surface area contributed by atoms with Gasteiger partial charge in [-0.3, -0.25) is 14.5 Å². The van der Waals surface area contributed by atoms with Crippen molar-refractivity contribution < 1.29 is 9.59 Å². The summed E-state index contributed by atoms with van der Waals surface area (Å²) in [4.78, 5) is 28.0. The van der Waals surface area contributed by atoms with Crippen molar-refractivity contribution in [3.63, 3.8) is 0 Å². The molecular weight excluding hydrogens is 392 g/mol. The summed E-state index contributed by atoms with van der Waals surface area (Å²) in [7, 11) is 0. The molecule has 0 saturated carbocycles. The Kier molecular flexibility index (Phi) is 5.15. The molecule has 1 aliphatic carbocycles. The van der Waals surface area contributed by atoms with Gasteiger partial charge in [-0.15, -0.1) is 0 Å². The number of nitrogens with one attached hydrogen (secondary N) is 1. The first-order valence-corrected chi connectivity index (χ1v) is 11.3. The van der Waals surface area contributed by atoms with Gasteiger partial charge in [-0.2, -0.15) is 11.8 Å². The molecule has 0 atom stereocenters. The monoisotopic (exact) mass is 414 g/mol. The molecule has 1 aliphatic heterocycles. The Hall–Kier alpha value is -2.89. The number of anilines is 1.